The Balaban J connectivity index is 1.97. The molecule has 0 bridgehead atoms. The Labute approximate surface area is 95.3 Å². The van der Waals surface area contributed by atoms with Crippen LogP contribution in [0.4, 0.5) is 11.5 Å². The first-order valence-corrected chi connectivity index (χ1v) is 5.25. The molecule has 16 heavy (non-hydrogen) atoms. The van der Waals surface area contributed by atoms with Crippen LogP contribution in [0.1, 0.15) is 11.1 Å². The van der Waals surface area contributed by atoms with E-state index in [2.05, 4.69) is 41.5 Å². The molecule has 2 aromatic rings. The van der Waals surface area contributed by atoms with Crippen LogP contribution in [0.5, 0.6) is 0 Å². The fourth-order valence-corrected chi connectivity index (χ4v) is 1.42. The zero-order valence-electron chi connectivity index (χ0n) is 9.27. The Morgan fingerprint density at radius 2 is 1.88 bits per heavy atom. The minimum absolute atomic E-state index is 0.555. The first-order valence-electron chi connectivity index (χ1n) is 5.25. The molecule has 1 aromatic heterocycles. The van der Waals surface area contributed by atoms with Crippen LogP contribution in [0.15, 0.2) is 42.6 Å². The number of nitrogens with one attached hydrogen (secondary N) is 1. The van der Waals surface area contributed by atoms with E-state index in [9.17, 15) is 0 Å². The number of nitrogen functional groups attached to an aromatic ring is 1. The average Bonchev–Trinajstić information content (AvgIpc) is 2.30. The Bertz CT molecular complexity index is 400. The predicted molar refractivity (Wildman–Crippen MR) is 67.2 cm³/mol. The van der Waals surface area contributed by atoms with Crippen molar-refractivity contribution in [1.82, 2.24) is 4.98 Å². The Morgan fingerprint density at radius 1 is 1.12 bits per heavy atom. The highest BCUT2D eigenvalue weighted by molar-refractivity contribution is 5.45. The van der Waals surface area contributed by atoms with Crippen LogP contribution in [0.3, 0.4) is 0 Å². The van der Waals surface area contributed by atoms with Crippen molar-refractivity contribution in [2.75, 3.05) is 11.1 Å². The number of anilines is 2. The molecule has 0 aliphatic carbocycles. The molecule has 0 saturated heterocycles. The smallest absolute Gasteiger partial charge is 0.123 e. The first-order chi connectivity index (χ1) is 7.74. The number of aryl methyl sites for hydroxylation is 1. The van der Waals surface area contributed by atoms with E-state index < -0.39 is 0 Å². The lowest BCUT2D eigenvalue weighted by Gasteiger charge is -2.06. The maximum absolute atomic E-state index is 5.52. The maximum Gasteiger partial charge on any atom is 0.123 e. The van der Waals surface area contributed by atoms with Crippen LogP contribution < -0.4 is 11.1 Å². The predicted octanol–water partition coefficient (Wildman–Crippen LogP) is 2.58. The van der Waals surface area contributed by atoms with Gasteiger partial charge in [-0.2, -0.15) is 0 Å². The van der Waals surface area contributed by atoms with E-state index in [0.29, 0.717) is 5.82 Å². The number of hydrogen-bond acceptors (Lipinski definition) is 3. The van der Waals surface area contributed by atoms with Gasteiger partial charge in [-0.3, -0.25) is 0 Å². The molecule has 1 aromatic carbocycles. The summed E-state index contributed by atoms with van der Waals surface area (Å²) in [5.41, 5.74) is 9.02. The number of aromatic nitrogens is 1. The highest BCUT2D eigenvalue weighted by Gasteiger charge is 1.94. The van der Waals surface area contributed by atoms with Crippen LogP contribution in [-0.2, 0) is 6.54 Å². The van der Waals surface area contributed by atoms with Gasteiger partial charge in [0.25, 0.3) is 0 Å². The van der Waals surface area contributed by atoms with Crippen molar-refractivity contribution in [2.45, 2.75) is 13.5 Å². The highest BCUT2D eigenvalue weighted by atomic mass is 14.9. The molecular weight excluding hydrogens is 198 g/mol. The van der Waals surface area contributed by atoms with Crippen molar-refractivity contribution >= 4 is 11.5 Å². The van der Waals surface area contributed by atoms with Crippen LogP contribution >= 0.6 is 0 Å². The van der Waals surface area contributed by atoms with Crippen LogP contribution in [0.25, 0.3) is 0 Å². The highest BCUT2D eigenvalue weighted by Crippen LogP contribution is 2.10. The van der Waals surface area contributed by atoms with Gasteiger partial charge in [0.2, 0.25) is 0 Å². The third-order valence-electron chi connectivity index (χ3n) is 2.40. The third-order valence-corrected chi connectivity index (χ3v) is 2.40. The second kappa shape index (κ2) is 4.66. The molecule has 0 aliphatic rings. The van der Waals surface area contributed by atoms with E-state index in [1.807, 2.05) is 12.1 Å². The minimum Gasteiger partial charge on any atom is -0.384 e. The zero-order valence-corrected chi connectivity index (χ0v) is 9.27. The molecule has 0 unspecified atom stereocenters. The molecule has 0 fully saturated rings. The number of pyridine rings is 1. The van der Waals surface area contributed by atoms with Crippen molar-refractivity contribution in [2.24, 2.45) is 0 Å². The van der Waals surface area contributed by atoms with E-state index in [-0.39, 0.29) is 0 Å². The largest absolute Gasteiger partial charge is 0.384 e. The lowest BCUT2D eigenvalue weighted by molar-refractivity contribution is 1.12. The van der Waals surface area contributed by atoms with E-state index in [4.69, 9.17) is 5.73 Å². The van der Waals surface area contributed by atoms with Gasteiger partial charge in [0.05, 0.1) is 0 Å². The molecule has 3 N–H and O–H groups in total. The Hall–Kier alpha value is -2.03. The fourth-order valence-electron chi connectivity index (χ4n) is 1.42. The fraction of sp³-hybridized carbons (Fsp3) is 0.154. The number of nitrogens with two attached hydrogens (primary N) is 1. The summed E-state index contributed by atoms with van der Waals surface area (Å²) in [6.07, 6.45) is 1.79. The molecule has 0 atom stereocenters. The number of rotatable bonds is 3. The third kappa shape index (κ3) is 2.73. The summed E-state index contributed by atoms with van der Waals surface area (Å²) in [6, 6.07) is 12.1. The molecule has 0 saturated carbocycles. The van der Waals surface area contributed by atoms with Crippen LogP contribution in [-0.4, -0.2) is 4.98 Å². The average molecular weight is 213 g/mol. The molecule has 0 amide bonds. The van der Waals surface area contributed by atoms with Gasteiger partial charge in [-0.15, -0.1) is 0 Å². The topological polar surface area (TPSA) is 50.9 Å². The summed E-state index contributed by atoms with van der Waals surface area (Å²) in [6.45, 7) is 2.84. The lowest BCUT2D eigenvalue weighted by Crippen LogP contribution is -2.00. The lowest BCUT2D eigenvalue weighted by atomic mass is 10.2. The monoisotopic (exact) mass is 213 g/mol. The van der Waals surface area contributed by atoms with Crippen LogP contribution in [0, 0.1) is 6.92 Å². The summed E-state index contributed by atoms with van der Waals surface area (Å²) in [5, 5.41) is 3.33. The van der Waals surface area contributed by atoms with Crippen LogP contribution in [0.2, 0.25) is 0 Å². The maximum atomic E-state index is 5.52. The number of hydrogen-bond donors (Lipinski definition) is 2. The minimum atomic E-state index is 0.555. The standard InChI is InChI=1S/C13H15N3/c1-10-2-5-12(6-3-10)15-8-11-4-7-13(14)16-9-11/h2-7,9,15H,8H2,1H3,(H2,14,16). The number of nitrogens with zero attached hydrogens (tertiary/aromatic N) is 1. The summed E-state index contributed by atoms with van der Waals surface area (Å²) < 4.78 is 0. The second-order valence-corrected chi connectivity index (χ2v) is 3.81. The van der Waals surface area contributed by atoms with Gasteiger partial charge in [-0.05, 0) is 30.7 Å². The molecule has 1 heterocycles. The Kier molecular flexibility index (Phi) is 3.05. The van der Waals surface area contributed by atoms with Gasteiger partial charge in [-0.1, -0.05) is 23.8 Å². The first kappa shape index (κ1) is 10.5. The summed E-state index contributed by atoms with van der Waals surface area (Å²) in [7, 11) is 0. The van der Waals surface area contributed by atoms with Crippen molar-refractivity contribution in [3.05, 3.63) is 53.7 Å². The van der Waals surface area contributed by atoms with Crippen molar-refractivity contribution in [3.8, 4) is 0 Å². The van der Waals surface area contributed by atoms with Gasteiger partial charge in [-0.25, -0.2) is 4.98 Å². The van der Waals surface area contributed by atoms with E-state index in [1.54, 1.807) is 6.20 Å². The summed E-state index contributed by atoms with van der Waals surface area (Å²) in [4.78, 5) is 4.04. The molecule has 82 valence electrons. The van der Waals surface area contributed by atoms with E-state index >= 15 is 0 Å². The summed E-state index contributed by atoms with van der Waals surface area (Å²) in [5.74, 6) is 0.555. The summed E-state index contributed by atoms with van der Waals surface area (Å²) >= 11 is 0. The molecular formula is C13H15N3. The van der Waals surface area contributed by atoms with Gasteiger partial charge in [0, 0.05) is 18.4 Å². The van der Waals surface area contributed by atoms with E-state index in [0.717, 1.165) is 17.8 Å². The normalized spacial score (nSPS) is 10.1. The molecule has 3 nitrogen and oxygen atoms in total. The molecule has 2 rings (SSSR count). The van der Waals surface area contributed by atoms with Gasteiger partial charge >= 0.3 is 0 Å². The van der Waals surface area contributed by atoms with Gasteiger partial charge in [0.1, 0.15) is 5.82 Å². The van der Waals surface area contributed by atoms with Gasteiger partial charge < -0.3 is 11.1 Å². The van der Waals surface area contributed by atoms with Crippen molar-refractivity contribution in [3.63, 3.8) is 0 Å². The van der Waals surface area contributed by atoms with E-state index in [1.165, 1.54) is 5.56 Å². The Morgan fingerprint density at radius 3 is 2.50 bits per heavy atom. The molecule has 0 spiro atoms. The quantitative estimate of drug-likeness (QED) is 0.824. The SMILES string of the molecule is Cc1ccc(NCc2ccc(N)nc2)cc1. The zero-order chi connectivity index (χ0) is 11.4. The molecule has 0 radical (unpaired) electrons. The number of benzene rings is 1. The second-order valence-electron chi connectivity index (χ2n) is 3.81. The van der Waals surface area contributed by atoms with Crippen molar-refractivity contribution < 1.29 is 0 Å². The van der Waals surface area contributed by atoms with Gasteiger partial charge in [0.15, 0.2) is 0 Å². The molecule has 0 aliphatic heterocycles. The molecule has 3 heteroatoms. The van der Waals surface area contributed by atoms with Crippen molar-refractivity contribution in [1.29, 1.82) is 0 Å².